The number of ketones is 1. The predicted molar refractivity (Wildman–Crippen MR) is 124 cm³/mol. The number of H-pyrrole nitrogens is 1. The molecule has 0 spiro atoms. The summed E-state index contributed by atoms with van der Waals surface area (Å²) >= 11 is 0. The minimum Gasteiger partial charge on any atom is -0.505 e. The molecule has 0 bridgehead atoms. The molecule has 1 saturated carbocycles. The van der Waals surface area contributed by atoms with E-state index in [9.17, 15) is 27.1 Å². The molecule has 1 fully saturated rings. The Balaban J connectivity index is 1.52. The van der Waals surface area contributed by atoms with Crippen LogP contribution in [-0.2, 0) is 10.0 Å². The zero-order valence-electron chi connectivity index (χ0n) is 18.3. The molecule has 0 radical (unpaired) electrons. The number of benzene rings is 2. The summed E-state index contributed by atoms with van der Waals surface area (Å²) in [7, 11) is -4.55. The number of nitrogens with zero attached hydrogens (tertiary/aromatic N) is 2. The smallest absolute Gasteiger partial charge is 0.262 e. The summed E-state index contributed by atoms with van der Waals surface area (Å²) in [4.78, 5) is 23.7. The maximum Gasteiger partial charge on any atom is 0.262 e. The summed E-state index contributed by atoms with van der Waals surface area (Å²) in [5.41, 5.74) is -1.55. The number of nitrogens with one attached hydrogen (secondary N) is 3. The van der Waals surface area contributed by atoms with Gasteiger partial charge in [-0.15, -0.1) is 0 Å². The SMILES string of the molecule is O=C(c1c(F)ccc(NS(=O)(=O)c2ccc(O)c(F)c2)c1F)c1c[nH]c2ncnc(NCC3CC3)c12. The van der Waals surface area contributed by atoms with Crippen molar-refractivity contribution >= 4 is 38.3 Å². The Labute approximate surface area is 202 Å². The van der Waals surface area contributed by atoms with E-state index in [0.717, 1.165) is 37.1 Å². The van der Waals surface area contributed by atoms with Crippen LogP contribution >= 0.6 is 0 Å². The van der Waals surface area contributed by atoms with E-state index >= 15 is 4.39 Å². The number of anilines is 2. The van der Waals surface area contributed by atoms with Crippen LogP contribution in [0.1, 0.15) is 28.8 Å². The van der Waals surface area contributed by atoms with Crippen LogP contribution in [0.25, 0.3) is 11.0 Å². The lowest BCUT2D eigenvalue weighted by Gasteiger charge is -2.12. The van der Waals surface area contributed by atoms with Crippen molar-refractivity contribution in [3.8, 4) is 5.75 Å². The van der Waals surface area contributed by atoms with Crippen molar-refractivity contribution in [3.05, 3.63) is 71.4 Å². The predicted octanol–water partition coefficient (Wildman–Crippen LogP) is 3.93. The van der Waals surface area contributed by atoms with Crippen molar-refractivity contribution < 1.29 is 31.5 Å². The largest absolute Gasteiger partial charge is 0.505 e. The van der Waals surface area contributed by atoms with Gasteiger partial charge in [-0.05, 0) is 49.1 Å². The number of rotatable bonds is 8. The van der Waals surface area contributed by atoms with Crippen LogP contribution in [0.3, 0.4) is 0 Å². The molecule has 0 atom stereocenters. The fourth-order valence-electron chi connectivity index (χ4n) is 3.67. The Hall–Kier alpha value is -4.13. The lowest BCUT2D eigenvalue weighted by molar-refractivity contribution is 0.103. The van der Waals surface area contributed by atoms with E-state index in [-0.39, 0.29) is 16.6 Å². The highest BCUT2D eigenvalue weighted by Gasteiger charge is 2.28. The zero-order chi connectivity index (χ0) is 25.6. The lowest BCUT2D eigenvalue weighted by Crippen LogP contribution is -2.17. The maximum atomic E-state index is 15.4. The van der Waals surface area contributed by atoms with Gasteiger partial charge >= 0.3 is 0 Å². The molecule has 9 nitrogen and oxygen atoms in total. The first kappa shape index (κ1) is 23.6. The van der Waals surface area contributed by atoms with Gasteiger partial charge < -0.3 is 15.4 Å². The number of phenols is 1. The maximum absolute atomic E-state index is 15.4. The van der Waals surface area contributed by atoms with Gasteiger partial charge in [-0.3, -0.25) is 9.52 Å². The summed E-state index contributed by atoms with van der Waals surface area (Å²) in [6.07, 6.45) is 4.66. The molecule has 2 aromatic heterocycles. The second-order valence-corrected chi connectivity index (χ2v) is 9.99. The summed E-state index contributed by atoms with van der Waals surface area (Å²) in [5.74, 6) is -4.91. The summed E-state index contributed by atoms with van der Waals surface area (Å²) in [6.45, 7) is 0.614. The Kier molecular flexibility index (Phi) is 5.79. The van der Waals surface area contributed by atoms with Crippen molar-refractivity contribution in [2.75, 3.05) is 16.6 Å². The van der Waals surface area contributed by atoms with Crippen molar-refractivity contribution in [1.82, 2.24) is 15.0 Å². The van der Waals surface area contributed by atoms with E-state index in [1.54, 1.807) is 0 Å². The Morgan fingerprint density at radius 3 is 2.61 bits per heavy atom. The molecule has 0 aliphatic heterocycles. The van der Waals surface area contributed by atoms with Crippen LogP contribution in [0.15, 0.2) is 47.8 Å². The van der Waals surface area contributed by atoms with E-state index in [2.05, 4.69) is 20.3 Å². The number of aromatic hydroxyl groups is 1. The van der Waals surface area contributed by atoms with Gasteiger partial charge in [0.1, 0.15) is 23.6 Å². The van der Waals surface area contributed by atoms with Gasteiger partial charge in [-0.1, -0.05) is 0 Å². The molecule has 0 unspecified atom stereocenters. The molecule has 1 aliphatic carbocycles. The number of halogens is 3. The molecular weight excluding hydrogens is 499 g/mol. The molecule has 0 saturated heterocycles. The highest BCUT2D eigenvalue weighted by atomic mass is 32.2. The monoisotopic (exact) mass is 517 g/mol. The van der Waals surface area contributed by atoms with Gasteiger partial charge in [-0.2, -0.15) is 0 Å². The minimum atomic E-state index is -4.55. The number of hydrogen-bond acceptors (Lipinski definition) is 7. The van der Waals surface area contributed by atoms with E-state index in [1.807, 2.05) is 4.72 Å². The van der Waals surface area contributed by atoms with Crippen LogP contribution < -0.4 is 10.0 Å². The van der Waals surface area contributed by atoms with Gasteiger partial charge in [0, 0.05) is 12.7 Å². The van der Waals surface area contributed by atoms with Gasteiger partial charge in [0.15, 0.2) is 17.4 Å². The molecule has 4 N–H and O–H groups in total. The number of sulfonamides is 1. The van der Waals surface area contributed by atoms with Crippen LogP contribution in [0.2, 0.25) is 0 Å². The average molecular weight is 517 g/mol. The third-order valence-corrected chi connectivity index (χ3v) is 7.12. The highest BCUT2D eigenvalue weighted by molar-refractivity contribution is 7.92. The molecule has 0 amide bonds. The third kappa shape index (κ3) is 4.33. The van der Waals surface area contributed by atoms with Crippen LogP contribution in [0.5, 0.6) is 5.75 Å². The lowest BCUT2D eigenvalue weighted by atomic mass is 10.0. The molecule has 36 heavy (non-hydrogen) atoms. The summed E-state index contributed by atoms with van der Waals surface area (Å²) in [6, 6.07) is 3.79. The summed E-state index contributed by atoms with van der Waals surface area (Å²) in [5, 5.41) is 12.6. The van der Waals surface area contributed by atoms with Crippen LogP contribution in [-0.4, -0.2) is 40.8 Å². The summed E-state index contributed by atoms with van der Waals surface area (Å²) < 4.78 is 70.9. The van der Waals surface area contributed by atoms with E-state index in [0.29, 0.717) is 24.3 Å². The molecular formula is C23H18F3N5O4S. The minimum absolute atomic E-state index is 0.109. The fraction of sp³-hybridized carbons (Fsp3) is 0.174. The first-order valence-electron chi connectivity index (χ1n) is 10.8. The van der Waals surface area contributed by atoms with Gasteiger partial charge in [-0.25, -0.2) is 31.6 Å². The van der Waals surface area contributed by atoms with Gasteiger partial charge in [0.2, 0.25) is 5.78 Å². The topological polar surface area (TPSA) is 137 Å². The Morgan fingerprint density at radius 1 is 1.11 bits per heavy atom. The van der Waals surface area contributed by atoms with E-state index < -0.39 is 55.2 Å². The Morgan fingerprint density at radius 2 is 1.89 bits per heavy atom. The molecule has 186 valence electrons. The standard InChI is InChI=1S/C23H18F3N5O4S/c24-14-4-5-16(31-36(34,35)12-3-6-17(32)15(25)7-12)20(26)19(14)21(33)13-9-28-23-18(13)22(29-10-30-23)27-8-11-1-2-11/h3-7,9-11,31-32H,1-2,8H2,(H2,27,28,29,30). The van der Waals surface area contributed by atoms with Gasteiger partial charge in [0.25, 0.3) is 10.0 Å². The third-order valence-electron chi connectivity index (χ3n) is 5.76. The molecule has 4 aromatic rings. The molecule has 1 aliphatic rings. The van der Waals surface area contributed by atoms with Crippen molar-refractivity contribution in [2.45, 2.75) is 17.7 Å². The van der Waals surface area contributed by atoms with E-state index in [4.69, 9.17) is 0 Å². The number of aromatic amines is 1. The number of carbonyl (C=O) groups is 1. The number of carbonyl (C=O) groups excluding carboxylic acids is 1. The average Bonchev–Trinajstić information content (AvgIpc) is 3.57. The van der Waals surface area contributed by atoms with Crippen LogP contribution in [0, 0.1) is 23.4 Å². The first-order chi connectivity index (χ1) is 17.2. The molecule has 13 heteroatoms. The highest BCUT2D eigenvalue weighted by Crippen LogP contribution is 2.32. The number of hydrogen-bond donors (Lipinski definition) is 4. The second kappa shape index (κ2) is 8.82. The van der Waals surface area contributed by atoms with E-state index in [1.165, 1.54) is 12.5 Å². The fourth-order valence-corrected chi connectivity index (χ4v) is 4.74. The molecule has 2 aromatic carbocycles. The normalized spacial score (nSPS) is 13.6. The van der Waals surface area contributed by atoms with Crippen molar-refractivity contribution in [1.29, 1.82) is 0 Å². The zero-order valence-corrected chi connectivity index (χ0v) is 19.2. The van der Waals surface area contributed by atoms with Gasteiger partial charge in [0.05, 0.1) is 27.1 Å². The number of phenolic OH excluding ortho intramolecular Hbond substituents is 1. The molecule has 2 heterocycles. The number of aromatic nitrogens is 3. The van der Waals surface area contributed by atoms with Crippen molar-refractivity contribution in [2.24, 2.45) is 5.92 Å². The van der Waals surface area contributed by atoms with Crippen molar-refractivity contribution in [3.63, 3.8) is 0 Å². The quantitative estimate of drug-likeness (QED) is 0.260. The Bertz CT molecular complexity index is 1620. The molecule has 5 rings (SSSR count). The first-order valence-corrected chi connectivity index (χ1v) is 12.2. The second-order valence-electron chi connectivity index (χ2n) is 8.30. The van der Waals surface area contributed by atoms with Crippen LogP contribution in [0.4, 0.5) is 24.7 Å². The number of fused-ring (bicyclic) bond motifs is 1.